The lowest BCUT2D eigenvalue weighted by molar-refractivity contribution is 0.511. The number of aromatic nitrogens is 2. The second-order valence-corrected chi connectivity index (χ2v) is 8.11. The van der Waals surface area contributed by atoms with Gasteiger partial charge in [0.1, 0.15) is 0 Å². The van der Waals surface area contributed by atoms with E-state index < -0.39 is 0 Å². The van der Waals surface area contributed by atoms with Gasteiger partial charge in [-0.05, 0) is 79.5 Å². The van der Waals surface area contributed by atoms with Crippen LogP contribution in [0.3, 0.4) is 0 Å². The first-order valence-electron chi connectivity index (χ1n) is 11.5. The molecule has 2 aromatic heterocycles. The van der Waals surface area contributed by atoms with Crippen LogP contribution in [0.5, 0.6) is 0 Å². The predicted molar refractivity (Wildman–Crippen MR) is 141 cm³/mol. The molecule has 2 heterocycles. The Morgan fingerprint density at radius 1 is 0.871 bits per heavy atom. The van der Waals surface area contributed by atoms with Crippen molar-refractivity contribution in [1.29, 1.82) is 0 Å². The van der Waals surface area contributed by atoms with Crippen LogP contribution in [0, 0.1) is 20.8 Å². The number of allylic oxidation sites excluding steroid dienone is 4. The first-order chi connectivity index (χ1) is 14.8. The summed E-state index contributed by atoms with van der Waals surface area (Å²) in [5.74, 6) is 0. The van der Waals surface area contributed by atoms with E-state index in [1.165, 1.54) is 50.7 Å². The first-order valence-corrected chi connectivity index (χ1v) is 11.5. The van der Waals surface area contributed by atoms with Gasteiger partial charge in [0.05, 0.1) is 11.4 Å². The van der Waals surface area contributed by atoms with Crippen LogP contribution in [-0.4, -0.2) is 9.13 Å². The molecule has 166 valence electrons. The zero-order valence-electron chi connectivity index (χ0n) is 21.0. The Hall–Kier alpha value is -2.74. The number of rotatable bonds is 8. The van der Waals surface area contributed by atoms with Gasteiger partial charge in [0.25, 0.3) is 0 Å². The third-order valence-electron chi connectivity index (χ3n) is 6.28. The van der Waals surface area contributed by atoms with E-state index in [0.717, 1.165) is 6.42 Å². The summed E-state index contributed by atoms with van der Waals surface area (Å²) in [6, 6.07) is 0.455. The highest BCUT2D eigenvalue weighted by Crippen LogP contribution is 2.38. The molecule has 0 saturated heterocycles. The van der Waals surface area contributed by atoms with E-state index in [9.17, 15) is 0 Å². The molecule has 0 aliphatic carbocycles. The van der Waals surface area contributed by atoms with Crippen LogP contribution >= 0.6 is 0 Å². The Labute approximate surface area is 190 Å². The molecule has 0 aliphatic rings. The van der Waals surface area contributed by atoms with Crippen molar-refractivity contribution in [2.45, 2.75) is 74.8 Å². The van der Waals surface area contributed by atoms with Gasteiger partial charge in [0.2, 0.25) is 0 Å². The smallest absolute Gasteiger partial charge is 0.0534 e. The molecule has 0 amide bonds. The van der Waals surface area contributed by atoms with Crippen LogP contribution in [0.4, 0.5) is 0 Å². The fraction of sp³-hybridized carbons (Fsp3) is 0.379. The number of nitrogens with zero attached hydrogens (tertiary/aromatic N) is 2. The summed E-state index contributed by atoms with van der Waals surface area (Å²) in [6.45, 7) is 23.8. The maximum atomic E-state index is 4.12. The molecule has 2 nitrogen and oxygen atoms in total. The third-order valence-corrected chi connectivity index (χ3v) is 6.28. The highest BCUT2D eigenvalue weighted by Gasteiger charge is 2.25. The van der Waals surface area contributed by atoms with Crippen molar-refractivity contribution in [3.8, 4) is 0 Å². The Bertz CT molecular complexity index is 1060. The standard InChI is InChI=1S/C29H40N2/c1-11-17-25-22(9)30(20(7)14-4)23(10)29(25)26(16-6)31-27(18-12-2)21(8)24(15-5)28(31)19-13-3/h11-13,15-20H,5,14H2,1-4,6-10H3/b17-11-,18-12-,19-13-,26-16+. The van der Waals surface area contributed by atoms with Crippen LogP contribution in [0.15, 0.2) is 30.9 Å². The molecular formula is C29H40N2. The molecule has 0 aromatic carbocycles. The first kappa shape index (κ1) is 24.5. The maximum Gasteiger partial charge on any atom is 0.0534 e. The van der Waals surface area contributed by atoms with E-state index in [1.54, 1.807) is 0 Å². The Morgan fingerprint density at radius 2 is 1.45 bits per heavy atom. The molecule has 2 rings (SSSR count). The number of hydrogen-bond donors (Lipinski definition) is 0. The van der Waals surface area contributed by atoms with Gasteiger partial charge >= 0.3 is 0 Å². The minimum atomic E-state index is 0.455. The van der Waals surface area contributed by atoms with Crippen molar-refractivity contribution < 1.29 is 0 Å². The Morgan fingerprint density at radius 3 is 1.94 bits per heavy atom. The lowest BCUT2D eigenvalue weighted by atomic mass is 10.0. The normalized spacial score (nSPS) is 13.9. The second-order valence-electron chi connectivity index (χ2n) is 8.11. The van der Waals surface area contributed by atoms with Crippen molar-refractivity contribution in [2.75, 3.05) is 0 Å². The van der Waals surface area contributed by atoms with Gasteiger partial charge in [-0.2, -0.15) is 0 Å². The molecule has 0 spiro atoms. The van der Waals surface area contributed by atoms with E-state index in [4.69, 9.17) is 0 Å². The van der Waals surface area contributed by atoms with Crippen molar-refractivity contribution in [3.63, 3.8) is 0 Å². The Balaban J connectivity index is 3.05. The average molecular weight is 417 g/mol. The van der Waals surface area contributed by atoms with Crippen LogP contribution < -0.4 is 0 Å². The minimum Gasteiger partial charge on any atom is -0.345 e. The molecule has 0 saturated carbocycles. The lowest BCUT2D eigenvalue weighted by Crippen LogP contribution is -2.09. The zero-order valence-corrected chi connectivity index (χ0v) is 21.0. The average Bonchev–Trinajstić information content (AvgIpc) is 3.15. The second kappa shape index (κ2) is 10.5. The highest BCUT2D eigenvalue weighted by molar-refractivity contribution is 5.84. The fourth-order valence-corrected chi connectivity index (χ4v) is 4.75. The van der Waals surface area contributed by atoms with Crippen LogP contribution in [0.25, 0.3) is 30.0 Å². The molecule has 0 N–H and O–H groups in total. The van der Waals surface area contributed by atoms with Crippen molar-refractivity contribution >= 4 is 30.0 Å². The van der Waals surface area contributed by atoms with Gasteiger partial charge in [-0.3, -0.25) is 0 Å². The summed E-state index contributed by atoms with van der Waals surface area (Å²) < 4.78 is 4.91. The van der Waals surface area contributed by atoms with Crippen molar-refractivity contribution in [1.82, 2.24) is 9.13 Å². The van der Waals surface area contributed by atoms with Crippen LogP contribution in [0.2, 0.25) is 0 Å². The Kier molecular flexibility index (Phi) is 8.33. The van der Waals surface area contributed by atoms with Gasteiger partial charge < -0.3 is 9.13 Å². The van der Waals surface area contributed by atoms with Crippen molar-refractivity contribution in [3.05, 3.63) is 75.9 Å². The lowest BCUT2D eigenvalue weighted by Gasteiger charge is -2.19. The minimum absolute atomic E-state index is 0.455. The predicted octanol–water partition coefficient (Wildman–Crippen LogP) is 8.84. The molecule has 31 heavy (non-hydrogen) atoms. The quantitative estimate of drug-likeness (QED) is 0.407. The van der Waals surface area contributed by atoms with Gasteiger partial charge in [-0.25, -0.2) is 0 Å². The fourth-order valence-electron chi connectivity index (χ4n) is 4.75. The highest BCUT2D eigenvalue weighted by atomic mass is 15.1. The van der Waals surface area contributed by atoms with E-state index >= 15 is 0 Å². The molecule has 2 heteroatoms. The van der Waals surface area contributed by atoms with Gasteiger partial charge in [0.15, 0.2) is 0 Å². The molecule has 0 aliphatic heterocycles. The molecular weight excluding hydrogens is 376 g/mol. The van der Waals surface area contributed by atoms with Gasteiger partial charge in [-0.15, -0.1) is 0 Å². The summed E-state index contributed by atoms with van der Waals surface area (Å²) >= 11 is 0. The topological polar surface area (TPSA) is 9.86 Å². The summed E-state index contributed by atoms with van der Waals surface area (Å²) in [7, 11) is 0. The number of hydrogen-bond acceptors (Lipinski definition) is 0. The zero-order chi connectivity index (χ0) is 23.3. The molecule has 0 radical (unpaired) electrons. The van der Waals surface area contributed by atoms with Crippen LogP contribution in [0.1, 0.15) is 99.0 Å². The summed E-state index contributed by atoms with van der Waals surface area (Å²) in [6.07, 6.45) is 18.4. The third kappa shape index (κ3) is 4.21. The van der Waals surface area contributed by atoms with Crippen LogP contribution in [-0.2, 0) is 0 Å². The molecule has 1 atom stereocenters. The molecule has 0 fully saturated rings. The summed E-state index contributed by atoms with van der Waals surface area (Å²) in [4.78, 5) is 0. The van der Waals surface area contributed by atoms with E-state index in [-0.39, 0.29) is 0 Å². The summed E-state index contributed by atoms with van der Waals surface area (Å²) in [5, 5.41) is 0. The van der Waals surface area contributed by atoms with E-state index in [0.29, 0.717) is 6.04 Å². The molecule has 0 bridgehead atoms. The van der Waals surface area contributed by atoms with E-state index in [1.807, 2.05) is 6.08 Å². The molecule has 2 aromatic rings. The van der Waals surface area contributed by atoms with Gasteiger partial charge in [0, 0.05) is 39.8 Å². The SMILES string of the molecule is C=Cc1c(C)c(/C=C\C)n(/C(=C/C)c2c(/C=C\C)c(C)n(C(C)CC)c2C)c1/C=C\C. The van der Waals surface area contributed by atoms with E-state index in [2.05, 4.69) is 121 Å². The van der Waals surface area contributed by atoms with Gasteiger partial charge in [-0.1, -0.05) is 50.0 Å². The largest absolute Gasteiger partial charge is 0.345 e. The maximum absolute atomic E-state index is 4.12. The van der Waals surface area contributed by atoms with Crippen molar-refractivity contribution in [2.24, 2.45) is 0 Å². The molecule has 1 unspecified atom stereocenters. The summed E-state index contributed by atoms with van der Waals surface area (Å²) in [5.41, 5.74) is 11.3. The monoisotopic (exact) mass is 416 g/mol.